The van der Waals surface area contributed by atoms with E-state index in [1.165, 1.54) is 31.2 Å². The average molecular weight is 326 g/mol. The third-order valence-corrected chi connectivity index (χ3v) is 5.59. The minimum absolute atomic E-state index is 0.457. The van der Waals surface area contributed by atoms with Gasteiger partial charge in [-0.2, -0.15) is 0 Å². The second-order valence-corrected chi connectivity index (χ2v) is 8.23. The third-order valence-electron chi connectivity index (χ3n) is 4.45. The third kappa shape index (κ3) is 1.28. The smallest absolute Gasteiger partial charge is 0.123 e. The van der Waals surface area contributed by atoms with Gasteiger partial charge < -0.3 is 4.74 Å². The maximum absolute atomic E-state index is 6.03. The molecule has 2 bridgehead atoms. The largest absolute Gasteiger partial charge is 0.490 e. The van der Waals surface area contributed by atoms with Gasteiger partial charge in [-0.05, 0) is 42.7 Å². The molecule has 1 aliphatic heterocycles. The Kier molecular flexibility index (Phi) is 1.80. The zero-order valence-electron chi connectivity index (χ0n) is 9.21. The van der Waals surface area contributed by atoms with Gasteiger partial charge in [-0.15, -0.1) is 0 Å². The van der Waals surface area contributed by atoms with Crippen molar-refractivity contribution in [1.29, 1.82) is 0 Å². The van der Waals surface area contributed by atoms with Crippen LogP contribution in [0.1, 0.15) is 31.2 Å². The topological polar surface area (TPSA) is 9.23 Å². The SMILES string of the molecule is IC12CC(CC3Cc4ccccc4O3)(C1)C2. The molecule has 5 rings (SSSR count). The standard InChI is InChI=1S/C14H15IO/c15-14-7-13(8-14,9-14)6-11-5-10-3-1-2-4-12(10)16-11/h1-4,11H,5-9H2. The molecule has 0 spiro atoms. The molecule has 1 aromatic carbocycles. The first kappa shape index (κ1) is 9.75. The van der Waals surface area contributed by atoms with E-state index in [2.05, 4.69) is 46.9 Å². The van der Waals surface area contributed by atoms with Crippen LogP contribution in [-0.2, 0) is 6.42 Å². The van der Waals surface area contributed by atoms with E-state index in [1.54, 1.807) is 0 Å². The summed E-state index contributed by atoms with van der Waals surface area (Å²) >= 11 is 2.65. The van der Waals surface area contributed by atoms with Gasteiger partial charge in [0, 0.05) is 9.84 Å². The van der Waals surface area contributed by atoms with E-state index < -0.39 is 0 Å². The Labute approximate surface area is 110 Å². The first-order chi connectivity index (χ1) is 7.67. The first-order valence-electron chi connectivity index (χ1n) is 6.10. The molecule has 0 N–H and O–H groups in total. The van der Waals surface area contributed by atoms with Gasteiger partial charge in [-0.1, -0.05) is 40.8 Å². The lowest BCUT2D eigenvalue weighted by Crippen LogP contribution is -2.64. The lowest BCUT2D eigenvalue weighted by Gasteiger charge is -2.69. The van der Waals surface area contributed by atoms with Crippen molar-refractivity contribution in [3.05, 3.63) is 29.8 Å². The normalized spacial score (nSPS) is 42.9. The summed E-state index contributed by atoms with van der Waals surface area (Å²) in [6.07, 6.45) is 7.20. The van der Waals surface area contributed by atoms with Crippen LogP contribution in [-0.4, -0.2) is 9.53 Å². The predicted octanol–water partition coefficient (Wildman–Crippen LogP) is 3.74. The fourth-order valence-electron chi connectivity index (χ4n) is 3.93. The van der Waals surface area contributed by atoms with Gasteiger partial charge in [0.2, 0.25) is 0 Å². The maximum atomic E-state index is 6.03. The molecular formula is C14H15IO. The summed E-state index contributed by atoms with van der Waals surface area (Å²) in [5, 5.41) is 0. The summed E-state index contributed by atoms with van der Waals surface area (Å²) in [6, 6.07) is 8.50. The van der Waals surface area contributed by atoms with Crippen LogP contribution in [0.2, 0.25) is 0 Å². The highest BCUT2D eigenvalue weighted by molar-refractivity contribution is 14.1. The summed E-state index contributed by atoms with van der Waals surface area (Å²) in [5.74, 6) is 1.13. The van der Waals surface area contributed by atoms with Crippen molar-refractivity contribution in [2.75, 3.05) is 0 Å². The van der Waals surface area contributed by atoms with Crippen LogP contribution in [0.4, 0.5) is 0 Å². The molecule has 0 saturated heterocycles. The number of rotatable bonds is 2. The van der Waals surface area contributed by atoms with Gasteiger partial charge in [-0.25, -0.2) is 0 Å². The van der Waals surface area contributed by atoms with Gasteiger partial charge in [0.25, 0.3) is 0 Å². The molecule has 2 heteroatoms. The second kappa shape index (κ2) is 2.95. The van der Waals surface area contributed by atoms with Gasteiger partial charge in [0.05, 0.1) is 0 Å². The van der Waals surface area contributed by atoms with Crippen molar-refractivity contribution < 1.29 is 4.74 Å². The van der Waals surface area contributed by atoms with Crippen LogP contribution in [0, 0.1) is 5.41 Å². The van der Waals surface area contributed by atoms with E-state index in [9.17, 15) is 0 Å². The van der Waals surface area contributed by atoms with E-state index in [1.807, 2.05) is 0 Å². The minimum atomic E-state index is 0.457. The van der Waals surface area contributed by atoms with E-state index in [-0.39, 0.29) is 0 Å². The Hall–Kier alpha value is -0.250. The monoisotopic (exact) mass is 326 g/mol. The molecule has 3 fully saturated rings. The summed E-state index contributed by atoms with van der Waals surface area (Å²) < 4.78 is 6.73. The van der Waals surface area contributed by atoms with E-state index in [0.29, 0.717) is 14.9 Å². The van der Waals surface area contributed by atoms with Gasteiger partial charge in [-0.3, -0.25) is 0 Å². The summed E-state index contributed by atoms with van der Waals surface area (Å²) in [6.45, 7) is 0. The number of hydrogen-bond donors (Lipinski definition) is 0. The second-order valence-electron chi connectivity index (χ2n) is 5.94. The van der Waals surface area contributed by atoms with Crippen LogP contribution in [0.25, 0.3) is 0 Å². The lowest BCUT2D eigenvalue weighted by molar-refractivity contribution is -0.0889. The van der Waals surface area contributed by atoms with Crippen LogP contribution in [0.15, 0.2) is 24.3 Å². The van der Waals surface area contributed by atoms with Crippen molar-refractivity contribution in [3.63, 3.8) is 0 Å². The Bertz CT molecular complexity index is 409. The van der Waals surface area contributed by atoms with Gasteiger partial charge >= 0.3 is 0 Å². The van der Waals surface area contributed by atoms with Crippen molar-refractivity contribution in [1.82, 2.24) is 0 Å². The summed E-state index contributed by atoms with van der Waals surface area (Å²) in [4.78, 5) is 0. The molecule has 1 heterocycles. The van der Waals surface area contributed by atoms with Crippen molar-refractivity contribution in [2.45, 2.75) is 41.6 Å². The zero-order valence-corrected chi connectivity index (χ0v) is 11.4. The molecular weight excluding hydrogens is 311 g/mol. The Balaban J connectivity index is 1.46. The van der Waals surface area contributed by atoms with Crippen LogP contribution in [0.3, 0.4) is 0 Å². The van der Waals surface area contributed by atoms with Crippen LogP contribution in [0.5, 0.6) is 5.75 Å². The number of para-hydroxylation sites is 1. The van der Waals surface area contributed by atoms with E-state index in [4.69, 9.17) is 4.74 Å². The Morgan fingerprint density at radius 1 is 1.25 bits per heavy atom. The van der Waals surface area contributed by atoms with Crippen molar-refractivity contribution >= 4 is 22.6 Å². The average Bonchev–Trinajstić information content (AvgIpc) is 2.55. The number of fused-ring (bicyclic) bond motifs is 1. The molecule has 1 aromatic rings. The van der Waals surface area contributed by atoms with E-state index in [0.717, 1.165) is 12.2 Å². The number of benzene rings is 1. The number of ether oxygens (including phenoxy) is 1. The van der Waals surface area contributed by atoms with Crippen molar-refractivity contribution in [3.8, 4) is 5.75 Å². The van der Waals surface area contributed by atoms with Crippen LogP contribution >= 0.6 is 22.6 Å². The fraction of sp³-hybridized carbons (Fsp3) is 0.571. The quantitative estimate of drug-likeness (QED) is 0.594. The molecule has 0 amide bonds. The summed E-state index contributed by atoms with van der Waals surface area (Å²) in [5.41, 5.74) is 2.08. The highest BCUT2D eigenvalue weighted by Gasteiger charge is 2.66. The first-order valence-corrected chi connectivity index (χ1v) is 7.18. The van der Waals surface area contributed by atoms with Gasteiger partial charge in [0.15, 0.2) is 0 Å². The minimum Gasteiger partial charge on any atom is -0.490 e. The van der Waals surface area contributed by atoms with Crippen molar-refractivity contribution in [2.24, 2.45) is 5.41 Å². The molecule has 0 aromatic heterocycles. The lowest BCUT2D eigenvalue weighted by atomic mass is 9.43. The maximum Gasteiger partial charge on any atom is 0.123 e. The Morgan fingerprint density at radius 3 is 2.69 bits per heavy atom. The molecule has 16 heavy (non-hydrogen) atoms. The number of halogens is 1. The molecule has 0 radical (unpaired) electrons. The van der Waals surface area contributed by atoms with E-state index >= 15 is 0 Å². The van der Waals surface area contributed by atoms with Crippen LogP contribution < -0.4 is 4.74 Å². The highest BCUT2D eigenvalue weighted by atomic mass is 127. The number of hydrogen-bond acceptors (Lipinski definition) is 1. The number of alkyl halides is 1. The molecule has 4 aliphatic rings. The predicted molar refractivity (Wildman–Crippen MR) is 72.2 cm³/mol. The summed E-state index contributed by atoms with van der Waals surface area (Å²) in [7, 11) is 0. The van der Waals surface area contributed by atoms with Gasteiger partial charge in [0.1, 0.15) is 11.9 Å². The fourth-order valence-corrected chi connectivity index (χ4v) is 6.36. The highest BCUT2D eigenvalue weighted by Crippen LogP contribution is 2.74. The molecule has 3 saturated carbocycles. The molecule has 84 valence electrons. The molecule has 3 aliphatic carbocycles. The molecule has 1 atom stereocenters. The Morgan fingerprint density at radius 2 is 2.00 bits per heavy atom. The molecule has 1 unspecified atom stereocenters. The zero-order chi connectivity index (χ0) is 10.8. The molecule has 1 nitrogen and oxygen atoms in total.